The number of rotatable bonds is 9. The van der Waals surface area contributed by atoms with Gasteiger partial charge in [-0.3, -0.25) is 4.79 Å². The number of aryl methyl sites for hydroxylation is 3. The maximum Gasteiger partial charge on any atom is 0.355 e. The van der Waals surface area contributed by atoms with Gasteiger partial charge in [0.2, 0.25) is 5.78 Å². The van der Waals surface area contributed by atoms with Gasteiger partial charge >= 0.3 is 11.9 Å². The molecule has 0 fully saturated rings. The van der Waals surface area contributed by atoms with Crippen molar-refractivity contribution in [2.45, 2.75) is 47.6 Å². The number of esters is 2. The predicted molar refractivity (Wildman–Crippen MR) is 130 cm³/mol. The number of benzene rings is 1. The van der Waals surface area contributed by atoms with Crippen LogP contribution in [0.4, 0.5) is 0 Å². The van der Waals surface area contributed by atoms with Gasteiger partial charge in [0.15, 0.2) is 6.61 Å². The fourth-order valence-electron chi connectivity index (χ4n) is 4.06. The second kappa shape index (κ2) is 10.7. The summed E-state index contributed by atoms with van der Waals surface area (Å²) in [7, 11) is 0. The summed E-state index contributed by atoms with van der Waals surface area (Å²) in [6, 6.07) is 9.51. The Morgan fingerprint density at radius 3 is 2.32 bits per heavy atom. The fraction of sp³-hybridized carbons (Fsp3) is 0.346. The Labute approximate surface area is 204 Å². The van der Waals surface area contributed by atoms with Crippen molar-refractivity contribution in [3.63, 3.8) is 0 Å². The van der Waals surface area contributed by atoms with Gasteiger partial charge in [0.05, 0.1) is 12.2 Å². The number of carbonyl (C=O) groups is 3. The molecule has 0 unspecified atom stereocenters. The Hall–Kier alpha value is -3.32. The molecular weight excluding hydrogens is 456 g/mol. The van der Waals surface area contributed by atoms with Crippen molar-refractivity contribution in [2.75, 3.05) is 13.2 Å². The van der Waals surface area contributed by atoms with Gasteiger partial charge in [-0.05, 0) is 70.4 Å². The van der Waals surface area contributed by atoms with E-state index in [4.69, 9.17) is 21.1 Å². The van der Waals surface area contributed by atoms with Gasteiger partial charge in [-0.15, -0.1) is 0 Å². The first-order chi connectivity index (χ1) is 16.1. The molecule has 0 aliphatic rings. The van der Waals surface area contributed by atoms with Crippen LogP contribution >= 0.6 is 11.6 Å². The van der Waals surface area contributed by atoms with Gasteiger partial charge in [0.1, 0.15) is 5.69 Å². The molecule has 0 bridgehead atoms. The van der Waals surface area contributed by atoms with Crippen LogP contribution in [0.3, 0.4) is 0 Å². The number of ketones is 1. The van der Waals surface area contributed by atoms with Crippen molar-refractivity contribution in [3.05, 3.63) is 80.4 Å². The Bertz CT molecular complexity index is 1220. The minimum Gasteiger partial charge on any atom is -0.462 e. The summed E-state index contributed by atoms with van der Waals surface area (Å²) in [6.45, 7) is 9.41. The molecule has 7 nitrogen and oxygen atoms in total. The van der Waals surface area contributed by atoms with E-state index >= 15 is 0 Å². The normalized spacial score (nSPS) is 10.9. The Balaban J connectivity index is 1.67. The van der Waals surface area contributed by atoms with E-state index in [1.165, 1.54) is 0 Å². The highest BCUT2D eigenvalue weighted by molar-refractivity contribution is 6.30. The molecule has 1 aromatic carbocycles. The highest BCUT2D eigenvalue weighted by Gasteiger charge is 2.25. The minimum atomic E-state index is -0.693. The number of aromatic amines is 1. The lowest BCUT2D eigenvalue weighted by atomic mass is 10.1. The van der Waals surface area contributed by atoms with Crippen LogP contribution in [0.1, 0.15) is 66.3 Å². The average Bonchev–Trinajstić information content (AvgIpc) is 3.26. The number of hydrogen-bond acceptors (Lipinski definition) is 5. The van der Waals surface area contributed by atoms with Gasteiger partial charge < -0.3 is 19.0 Å². The molecular formula is C26H29ClN2O5. The summed E-state index contributed by atoms with van der Waals surface area (Å²) in [4.78, 5) is 40.5. The number of H-pyrrole nitrogens is 1. The van der Waals surface area contributed by atoms with Crippen LogP contribution in [0.5, 0.6) is 0 Å². The SMILES string of the molecule is CCOC(=O)c1c(C)[nH]c(C(=O)OCC(=O)c2cc(C)n(CCc3ccc(Cl)cc3)c2C)c1C. The van der Waals surface area contributed by atoms with Crippen LogP contribution in [0.25, 0.3) is 0 Å². The zero-order valence-corrected chi connectivity index (χ0v) is 20.8. The zero-order chi connectivity index (χ0) is 25.0. The average molecular weight is 485 g/mol. The number of Topliss-reactive ketones (excluding diaryl/α,β-unsaturated/α-hetero) is 1. The van der Waals surface area contributed by atoms with Crippen LogP contribution in [-0.2, 0) is 22.4 Å². The maximum absolute atomic E-state index is 12.8. The third-order valence-electron chi connectivity index (χ3n) is 5.87. The van der Waals surface area contributed by atoms with E-state index in [0.29, 0.717) is 34.0 Å². The molecule has 180 valence electrons. The van der Waals surface area contributed by atoms with Crippen LogP contribution in [0, 0.1) is 27.7 Å². The van der Waals surface area contributed by atoms with E-state index in [1.807, 2.05) is 44.2 Å². The molecule has 2 aromatic heterocycles. The van der Waals surface area contributed by atoms with Gasteiger partial charge in [-0.2, -0.15) is 0 Å². The quantitative estimate of drug-likeness (QED) is 0.334. The molecule has 0 aliphatic carbocycles. The molecule has 0 atom stereocenters. The van der Waals surface area contributed by atoms with Gasteiger partial charge in [-0.25, -0.2) is 9.59 Å². The zero-order valence-electron chi connectivity index (χ0n) is 20.1. The monoisotopic (exact) mass is 484 g/mol. The highest BCUT2D eigenvalue weighted by Crippen LogP contribution is 2.21. The van der Waals surface area contributed by atoms with Gasteiger partial charge in [0, 0.05) is 34.2 Å². The van der Waals surface area contributed by atoms with E-state index in [2.05, 4.69) is 9.55 Å². The summed E-state index contributed by atoms with van der Waals surface area (Å²) in [5.41, 5.74) is 4.85. The molecule has 3 rings (SSSR count). The molecule has 0 aliphatic heterocycles. The maximum atomic E-state index is 12.8. The summed E-state index contributed by atoms with van der Waals surface area (Å²) < 4.78 is 12.4. The molecule has 2 heterocycles. The van der Waals surface area contributed by atoms with Gasteiger partial charge in [-0.1, -0.05) is 23.7 Å². The molecule has 0 saturated carbocycles. The van der Waals surface area contributed by atoms with Crippen molar-refractivity contribution in [1.29, 1.82) is 0 Å². The Morgan fingerprint density at radius 1 is 1.00 bits per heavy atom. The molecule has 0 spiro atoms. The molecule has 0 saturated heterocycles. The Kier molecular flexibility index (Phi) is 7.99. The Morgan fingerprint density at radius 2 is 1.68 bits per heavy atom. The van der Waals surface area contributed by atoms with Crippen LogP contribution < -0.4 is 0 Å². The third-order valence-corrected chi connectivity index (χ3v) is 6.12. The van der Waals surface area contributed by atoms with Crippen molar-refractivity contribution >= 4 is 29.3 Å². The lowest BCUT2D eigenvalue weighted by Gasteiger charge is -2.10. The van der Waals surface area contributed by atoms with E-state index in [0.717, 1.165) is 23.4 Å². The third kappa shape index (κ3) is 5.42. The first-order valence-electron chi connectivity index (χ1n) is 11.1. The first kappa shape index (κ1) is 25.3. The molecule has 1 N–H and O–H groups in total. The van der Waals surface area contributed by atoms with Crippen LogP contribution in [0.2, 0.25) is 5.02 Å². The van der Waals surface area contributed by atoms with Crippen molar-refractivity contribution < 1.29 is 23.9 Å². The van der Waals surface area contributed by atoms with Crippen molar-refractivity contribution in [1.82, 2.24) is 9.55 Å². The summed E-state index contributed by atoms with van der Waals surface area (Å²) in [5.74, 6) is -1.48. The number of nitrogens with one attached hydrogen (secondary N) is 1. The first-order valence-corrected chi connectivity index (χ1v) is 11.5. The van der Waals surface area contributed by atoms with Crippen molar-refractivity contribution in [2.24, 2.45) is 0 Å². The number of aromatic nitrogens is 2. The number of carbonyl (C=O) groups excluding carboxylic acids is 3. The van der Waals surface area contributed by atoms with Gasteiger partial charge in [0.25, 0.3) is 0 Å². The van der Waals surface area contributed by atoms with E-state index in [-0.39, 0.29) is 18.1 Å². The lowest BCUT2D eigenvalue weighted by Crippen LogP contribution is -2.16. The summed E-state index contributed by atoms with van der Waals surface area (Å²) in [5, 5.41) is 0.696. The largest absolute Gasteiger partial charge is 0.462 e. The standard InChI is InChI=1S/C26H29ClN2O5/c1-6-33-25(31)23-16(3)24(28-17(23)4)26(32)34-14-22(30)21-13-15(2)29(18(21)5)12-11-19-7-9-20(27)10-8-19/h7-10,13,28H,6,11-12,14H2,1-5H3. The predicted octanol–water partition coefficient (Wildman–Crippen LogP) is 5.16. The topological polar surface area (TPSA) is 90.4 Å². The number of halogens is 1. The molecule has 0 amide bonds. The highest BCUT2D eigenvalue weighted by atomic mass is 35.5. The van der Waals surface area contributed by atoms with Crippen LogP contribution in [-0.4, -0.2) is 40.5 Å². The van der Waals surface area contributed by atoms with Crippen molar-refractivity contribution in [3.8, 4) is 0 Å². The number of ether oxygens (including phenoxy) is 2. The number of hydrogen-bond donors (Lipinski definition) is 1. The molecule has 8 heteroatoms. The fourth-order valence-corrected chi connectivity index (χ4v) is 4.19. The summed E-state index contributed by atoms with van der Waals surface area (Å²) in [6.07, 6.45) is 0.796. The second-order valence-corrected chi connectivity index (χ2v) is 8.59. The summed E-state index contributed by atoms with van der Waals surface area (Å²) >= 11 is 5.95. The van der Waals surface area contributed by atoms with E-state index < -0.39 is 18.5 Å². The molecule has 0 radical (unpaired) electrons. The van der Waals surface area contributed by atoms with E-state index in [9.17, 15) is 14.4 Å². The molecule has 34 heavy (non-hydrogen) atoms. The smallest absolute Gasteiger partial charge is 0.355 e. The number of nitrogens with zero attached hydrogens (tertiary/aromatic N) is 1. The lowest BCUT2D eigenvalue weighted by molar-refractivity contribution is 0.0468. The second-order valence-electron chi connectivity index (χ2n) is 8.16. The van der Waals surface area contributed by atoms with Crippen LogP contribution in [0.15, 0.2) is 30.3 Å². The minimum absolute atomic E-state index is 0.141. The van der Waals surface area contributed by atoms with E-state index in [1.54, 1.807) is 20.8 Å². The molecule has 3 aromatic rings.